The summed E-state index contributed by atoms with van der Waals surface area (Å²) < 4.78 is 23.7. The number of isocyanates is 1. The van der Waals surface area contributed by atoms with Crippen molar-refractivity contribution in [3.8, 4) is 17.2 Å². The maximum Gasteiger partial charge on any atom is 0.246 e. The van der Waals surface area contributed by atoms with Crippen molar-refractivity contribution in [2.45, 2.75) is 221 Å². The molecule has 6 atom stereocenters. The Hall–Kier alpha value is -13.6. The predicted octanol–water partition coefficient (Wildman–Crippen LogP) is 20.9. The molecular weight excluding hydrogens is 1740 g/mol. The highest BCUT2D eigenvalue weighted by molar-refractivity contribution is 5.94. The zero-order valence-electron chi connectivity index (χ0n) is 82.4. The summed E-state index contributed by atoms with van der Waals surface area (Å²) in [5.41, 5.74) is 14.2. The third kappa shape index (κ3) is 33.7. The number of carbonyl (C=O) groups is 8. The van der Waals surface area contributed by atoms with Crippen LogP contribution in [0.5, 0.6) is 17.2 Å². The molecule has 12 aromatic rings. The van der Waals surface area contributed by atoms with E-state index in [4.69, 9.17) is 24.7 Å². The summed E-state index contributed by atoms with van der Waals surface area (Å²) in [5, 5.41) is 16.4. The molecule has 0 radical (unpaired) electrons. The van der Waals surface area contributed by atoms with Gasteiger partial charge in [0, 0.05) is 122 Å². The van der Waals surface area contributed by atoms with Gasteiger partial charge in [-0.05, 0) is 227 Å². The summed E-state index contributed by atoms with van der Waals surface area (Å²) in [7, 11) is 0. The number of Topliss-reactive ketones (excluding diaryl/α,β-unsaturated/α-hetero) is 3. The number of piperazine rings is 1. The molecule has 0 aliphatic carbocycles. The first-order valence-electron chi connectivity index (χ1n) is 48.9. The smallest absolute Gasteiger partial charge is 0.246 e. The first kappa shape index (κ1) is 106. The van der Waals surface area contributed by atoms with Gasteiger partial charge >= 0.3 is 0 Å². The van der Waals surface area contributed by atoms with Crippen molar-refractivity contribution < 1.29 is 67.2 Å². The number of aryl methyl sites for hydroxylation is 2. The number of ketones is 3. The van der Waals surface area contributed by atoms with Crippen LogP contribution in [-0.2, 0) is 111 Å². The minimum absolute atomic E-state index is 0.00450. The summed E-state index contributed by atoms with van der Waals surface area (Å²) in [6, 6.07) is 94.0. The third-order valence-electron chi connectivity index (χ3n) is 24.6. The van der Waals surface area contributed by atoms with E-state index in [-0.39, 0.29) is 121 Å². The molecule has 0 bridgehead atoms. The van der Waals surface area contributed by atoms with Gasteiger partial charge in [-0.15, -0.1) is 0 Å². The molecule has 14 rings (SSSR count). The lowest BCUT2D eigenvalue weighted by molar-refractivity contribution is -0.174. The molecule has 139 heavy (non-hydrogen) atoms. The van der Waals surface area contributed by atoms with Crippen LogP contribution in [0.3, 0.4) is 0 Å². The minimum atomic E-state index is -0.745. The number of hydrogen-bond donors (Lipinski definition) is 2. The van der Waals surface area contributed by atoms with Crippen molar-refractivity contribution in [2.75, 3.05) is 45.9 Å². The fourth-order valence-corrected chi connectivity index (χ4v) is 18.0. The van der Waals surface area contributed by atoms with E-state index in [1.54, 1.807) is 34.1 Å². The lowest BCUT2D eigenvalue weighted by atomic mass is 9.90. The van der Waals surface area contributed by atoms with Gasteiger partial charge in [-0.3, -0.25) is 38.4 Å². The molecule has 3 N–H and O–H groups in total. The van der Waals surface area contributed by atoms with E-state index in [2.05, 4.69) is 71.7 Å². The third-order valence-corrected chi connectivity index (χ3v) is 24.6. The second-order valence-corrected chi connectivity index (χ2v) is 37.9. The van der Waals surface area contributed by atoms with E-state index >= 15 is 0 Å². The summed E-state index contributed by atoms with van der Waals surface area (Å²) in [5.74, 6) is 0.426. The zero-order valence-corrected chi connectivity index (χ0v) is 82.4. The fourth-order valence-electron chi connectivity index (χ4n) is 18.0. The Bertz CT molecular complexity index is 6000. The van der Waals surface area contributed by atoms with Crippen LogP contribution in [0.2, 0.25) is 0 Å². The van der Waals surface area contributed by atoms with Crippen LogP contribution in [0.25, 0.3) is 32.3 Å². The lowest BCUT2D eigenvalue weighted by Crippen LogP contribution is -2.71. The number of ether oxygens (including phenoxy) is 4. The molecule has 2 unspecified atom stereocenters. The molecule has 2 saturated heterocycles. The Morgan fingerprint density at radius 3 is 1.34 bits per heavy atom. The van der Waals surface area contributed by atoms with Gasteiger partial charge in [0.25, 0.3) is 0 Å². The maximum atomic E-state index is 14.6. The van der Waals surface area contributed by atoms with Gasteiger partial charge in [0.05, 0.1) is 25.3 Å². The molecule has 728 valence electrons. The second-order valence-electron chi connectivity index (χ2n) is 37.9. The summed E-state index contributed by atoms with van der Waals surface area (Å²) >= 11 is 0. The number of benzene rings is 12. The van der Waals surface area contributed by atoms with Crippen molar-refractivity contribution in [1.82, 2.24) is 24.5 Å². The van der Waals surface area contributed by atoms with Gasteiger partial charge in [-0.2, -0.15) is 0 Å². The number of fused-ring (bicyclic) bond motifs is 4. The molecule has 0 aromatic heterocycles. The van der Waals surface area contributed by atoms with E-state index in [9.17, 15) is 48.3 Å². The summed E-state index contributed by atoms with van der Waals surface area (Å²) in [6.45, 7) is 24.4. The average molecular weight is 1880 g/mol. The van der Waals surface area contributed by atoms with Crippen molar-refractivity contribution >= 4 is 85.3 Å². The van der Waals surface area contributed by atoms with Crippen molar-refractivity contribution in [3.05, 3.63) is 341 Å². The number of aromatic hydroxyl groups is 1. The van der Waals surface area contributed by atoms with Crippen LogP contribution in [-0.4, -0.2) is 164 Å². The number of carbonyl (C=O) groups excluding carboxylic acids is 9. The largest absolute Gasteiger partial charge is 0.508 e. The predicted molar refractivity (Wildman–Crippen MR) is 550 cm³/mol. The highest BCUT2D eigenvalue weighted by Gasteiger charge is 2.49. The molecule has 2 heterocycles. The van der Waals surface area contributed by atoms with Crippen LogP contribution < -0.4 is 15.2 Å². The number of phenolic OH excluding ortho intramolecular Hbond substituents is 1. The van der Waals surface area contributed by atoms with Gasteiger partial charge < -0.3 is 54.3 Å². The number of nitrogens with two attached hydrogens (primary N) is 1. The van der Waals surface area contributed by atoms with Gasteiger partial charge in [0.15, 0.2) is 0 Å². The number of aliphatic imine (C=N–C) groups is 1. The van der Waals surface area contributed by atoms with Crippen LogP contribution in [0.15, 0.2) is 296 Å². The average Bonchev–Trinajstić information content (AvgIpc) is 0.750. The zero-order chi connectivity index (χ0) is 99.2. The highest BCUT2D eigenvalue weighted by Crippen LogP contribution is 2.34. The number of phenols is 1. The molecule has 5 amide bonds. The first-order chi connectivity index (χ1) is 67.0. The van der Waals surface area contributed by atoms with E-state index < -0.39 is 24.0 Å². The number of rotatable bonds is 42. The van der Waals surface area contributed by atoms with Crippen LogP contribution >= 0.6 is 0 Å². The Kier molecular flexibility index (Phi) is 40.7. The van der Waals surface area contributed by atoms with Crippen LogP contribution in [0.1, 0.15) is 177 Å². The van der Waals surface area contributed by atoms with Gasteiger partial charge in [-0.1, -0.05) is 255 Å². The standard InChI is InChI=1S/C43H53NO5.C34H33N3O4.C33H44N2O4.C8H7NO/c1-6-48-32(2)30-44(31-36-18-12-17-35-16-10-11-21-41(35)36)42(47)37(28-34-23-26-40(27-24-34)49-43(3,4)5)29-39(46)20-13-19-38(45)25-22-33-14-8-7-9-15-33;38-28-16-13-25(14-17-28)21-30-34(41)35(22-27-11-6-10-26-9-4-5-12-29(26)27)23-31-36(20-19-33(40)37(30)31)32(39)18-15-24-7-2-1-3-8-24;1-6-38-24(2)22-35(23-27-12-9-11-26-10-7-8-13-31(26)27)32(37)28(21-29(36)18-19-34)20-25-14-16-30(17-15-25)39-33(3,4)5;10-7-9-6-8-4-2-1-3-5-8/h7-12,14-18,21,23-24,26-27,32,37H,6,13,19-20,22,25,28-31H2,1-5H3;1-14,16-17,30-31,38H,15,18-23H2;7-17,24,28H,6,18-23,34H2,1-5H3;1-5H,6H2/t32?,37-;30-,31+;24?,28-;/m101./s1. The van der Waals surface area contributed by atoms with Gasteiger partial charge in [-0.25, -0.2) is 9.79 Å². The molecule has 0 saturated carbocycles. The molecule has 21 nitrogen and oxygen atoms in total. The quantitative estimate of drug-likeness (QED) is 0.0266. The van der Waals surface area contributed by atoms with E-state index in [1.165, 1.54) is 6.08 Å². The molecule has 0 spiro atoms. The van der Waals surface area contributed by atoms with Gasteiger partial charge in [0.2, 0.25) is 35.6 Å². The summed E-state index contributed by atoms with van der Waals surface area (Å²) in [6.07, 6.45) is 5.83. The molecule has 2 aliphatic rings. The maximum absolute atomic E-state index is 14.6. The normalized spacial score (nSPS) is 14.4. The summed E-state index contributed by atoms with van der Waals surface area (Å²) in [4.78, 5) is 131. The number of amides is 5. The van der Waals surface area contributed by atoms with E-state index in [0.29, 0.717) is 117 Å². The minimum Gasteiger partial charge on any atom is -0.508 e. The Morgan fingerprint density at radius 1 is 0.475 bits per heavy atom. The van der Waals surface area contributed by atoms with Crippen molar-refractivity contribution in [1.29, 1.82) is 0 Å². The van der Waals surface area contributed by atoms with Crippen molar-refractivity contribution in [2.24, 2.45) is 22.6 Å². The molecule has 12 aromatic carbocycles. The van der Waals surface area contributed by atoms with E-state index in [0.717, 1.165) is 93.9 Å². The highest BCUT2D eigenvalue weighted by atomic mass is 16.5. The molecular formula is C118H137N7O14. The first-order valence-corrected chi connectivity index (χ1v) is 48.9. The molecule has 21 heteroatoms. The molecule has 2 fully saturated rings. The molecule has 2 aliphatic heterocycles. The second kappa shape index (κ2) is 53.4. The Labute approximate surface area is 820 Å². The van der Waals surface area contributed by atoms with Crippen molar-refractivity contribution in [3.63, 3.8) is 0 Å². The van der Waals surface area contributed by atoms with E-state index in [1.807, 2.05) is 284 Å². The van der Waals surface area contributed by atoms with Crippen LogP contribution in [0, 0.1) is 11.8 Å². The lowest BCUT2D eigenvalue weighted by Gasteiger charge is -2.52. The topological polar surface area (TPSA) is 265 Å². The SMILES string of the molecule is CCOC(C)CN(Cc1cccc2ccccc12)C(=O)[C@@H](CC(=O)CCCC(=O)CCc1ccccc1)Cc1ccc(OC(C)(C)C)cc1.CCOC(C)CN(Cc1cccc2ccccc12)C(=O)[C@@H](CC(=O)CCN)Cc1ccc(OC(C)(C)C)cc1.O=C1[C@H](Cc2ccc(O)cc2)N2C(=O)CCN(C(=O)CCc3ccccc3)[C@H]2CN1Cc1cccc2ccccc12.O=C=NCc1ccccc1. The number of nitrogens with zero attached hydrogens (tertiary/aromatic N) is 6. The van der Waals surface area contributed by atoms with Gasteiger partial charge in [0.1, 0.15) is 58.0 Å². The Balaban J connectivity index is 0.000000191. The van der Waals surface area contributed by atoms with Crippen LogP contribution in [0.4, 0.5) is 0 Å². The monoisotopic (exact) mass is 1880 g/mol. The fraction of sp³-hybridized carbons (Fsp3) is 0.364. The Morgan fingerprint density at radius 2 is 0.885 bits per heavy atom. The number of hydrogen-bond acceptors (Lipinski definition) is 16.